The maximum Gasteiger partial charge on any atom is 0.212 e. The fourth-order valence-corrected chi connectivity index (χ4v) is 1.72. The monoisotopic (exact) mass is 282 g/mol. The number of amidine groups is 1. The highest BCUT2D eigenvalue weighted by atomic mass is 35.5. The summed E-state index contributed by atoms with van der Waals surface area (Å²) < 4.78 is 18.5. The van der Waals surface area contributed by atoms with Gasteiger partial charge in [0.25, 0.3) is 0 Å². The highest BCUT2D eigenvalue weighted by Gasteiger charge is 2.12. The number of hydrogen-bond donors (Lipinski definition) is 2. The summed E-state index contributed by atoms with van der Waals surface area (Å²) >= 11 is 5.68. The third kappa shape index (κ3) is 2.88. The van der Waals surface area contributed by atoms with Gasteiger partial charge in [0.15, 0.2) is 5.76 Å². The number of oxime groups is 1. The van der Waals surface area contributed by atoms with Crippen molar-refractivity contribution in [3.63, 3.8) is 0 Å². The van der Waals surface area contributed by atoms with Gasteiger partial charge in [0, 0.05) is 5.69 Å². The van der Waals surface area contributed by atoms with Crippen LogP contribution in [0.15, 0.2) is 33.8 Å². The van der Waals surface area contributed by atoms with Crippen molar-refractivity contribution < 1.29 is 14.0 Å². The van der Waals surface area contributed by atoms with Gasteiger partial charge in [-0.3, -0.25) is 0 Å². The summed E-state index contributed by atoms with van der Waals surface area (Å²) in [7, 11) is 0. The molecule has 0 aliphatic rings. The van der Waals surface area contributed by atoms with Crippen molar-refractivity contribution >= 4 is 23.1 Å². The normalized spacial score (nSPS) is 11.7. The molecule has 2 aromatic rings. The molecule has 0 aliphatic carbocycles. The summed E-state index contributed by atoms with van der Waals surface area (Å²) in [4.78, 5) is 0. The van der Waals surface area contributed by atoms with E-state index in [1.807, 2.05) is 13.8 Å². The van der Waals surface area contributed by atoms with Crippen LogP contribution in [0.25, 0.3) is 0 Å². The number of halogens is 2. The highest BCUT2D eigenvalue weighted by Crippen LogP contribution is 2.21. The smallest absolute Gasteiger partial charge is 0.212 e. The Morgan fingerprint density at radius 3 is 2.63 bits per heavy atom. The number of furan rings is 1. The fourth-order valence-electron chi connectivity index (χ4n) is 1.54. The molecule has 0 unspecified atom stereocenters. The van der Waals surface area contributed by atoms with Crippen LogP contribution in [0.3, 0.4) is 0 Å². The summed E-state index contributed by atoms with van der Waals surface area (Å²) in [6, 6.07) is 5.83. The van der Waals surface area contributed by atoms with Crippen LogP contribution in [-0.2, 0) is 0 Å². The van der Waals surface area contributed by atoms with Gasteiger partial charge in [0.2, 0.25) is 5.84 Å². The van der Waals surface area contributed by atoms with Gasteiger partial charge in [-0.1, -0.05) is 16.8 Å². The minimum absolute atomic E-state index is 0.0194. The van der Waals surface area contributed by atoms with E-state index >= 15 is 0 Å². The molecule has 6 heteroatoms. The molecule has 2 rings (SSSR count). The molecule has 0 saturated heterocycles. The lowest BCUT2D eigenvalue weighted by Crippen LogP contribution is -2.12. The van der Waals surface area contributed by atoms with Crippen LogP contribution in [0.2, 0.25) is 5.02 Å². The van der Waals surface area contributed by atoms with Gasteiger partial charge in [0.05, 0.1) is 5.02 Å². The minimum Gasteiger partial charge on any atom is -0.458 e. The predicted octanol–water partition coefficient (Wildman–Crippen LogP) is 3.94. The SMILES string of the molecule is Cc1cc(/C(=N\O)Nc2ccc(F)c(Cl)c2)oc1C. The minimum atomic E-state index is -0.514. The van der Waals surface area contributed by atoms with E-state index in [0.29, 0.717) is 11.4 Å². The Bertz CT molecular complexity index is 618. The molecular weight excluding hydrogens is 271 g/mol. The zero-order valence-electron chi connectivity index (χ0n) is 10.4. The number of nitrogens with one attached hydrogen (secondary N) is 1. The largest absolute Gasteiger partial charge is 0.458 e. The fraction of sp³-hybridized carbons (Fsp3) is 0.154. The molecule has 1 aromatic carbocycles. The molecule has 19 heavy (non-hydrogen) atoms. The van der Waals surface area contributed by atoms with Crippen molar-refractivity contribution in [2.45, 2.75) is 13.8 Å². The second-order valence-electron chi connectivity index (χ2n) is 4.05. The van der Waals surface area contributed by atoms with Gasteiger partial charge < -0.3 is 14.9 Å². The molecule has 4 nitrogen and oxygen atoms in total. The number of rotatable bonds is 2. The summed E-state index contributed by atoms with van der Waals surface area (Å²) in [6.45, 7) is 3.69. The lowest BCUT2D eigenvalue weighted by molar-refractivity contribution is 0.318. The van der Waals surface area contributed by atoms with Crippen LogP contribution >= 0.6 is 11.6 Å². The lowest BCUT2D eigenvalue weighted by atomic mass is 10.2. The Morgan fingerprint density at radius 2 is 2.11 bits per heavy atom. The number of benzene rings is 1. The van der Waals surface area contributed by atoms with Crippen LogP contribution in [0.1, 0.15) is 17.1 Å². The van der Waals surface area contributed by atoms with E-state index < -0.39 is 5.82 Å². The number of nitrogens with zero attached hydrogens (tertiary/aromatic N) is 1. The first-order valence-electron chi connectivity index (χ1n) is 5.53. The van der Waals surface area contributed by atoms with Gasteiger partial charge in [-0.15, -0.1) is 0 Å². The van der Waals surface area contributed by atoms with E-state index in [9.17, 15) is 4.39 Å². The predicted molar refractivity (Wildman–Crippen MR) is 71.5 cm³/mol. The molecular formula is C13H12ClFN2O2. The van der Waals surface area contributed by atoms with Crippen molar-refractivity contribution in [1.29, 1.82) is 0 Å². The van der Waals surface area contributed by atoms with Crippen molar-refractivity contribution in [3.8, 4) is 0 Å². The van der Waals surface area contributed by atoms with E-state index in [-0.39, 0.29) is 10.9 Å². The van der Waals surface area contributed by atoms with Gasteiger partial charge in [-0.05, 0) is 43.7 Å². The van der Waals surface area contributed by atoms with Crippen LogP contribution in [-0.4, -0.2) is 11.0 Å². The Kier molecular flexibility index (Phi) is 3.76. The van der Waals surface area contributed by atoms with Gasteiger partial charge in [-0.2, -0.15) is 0 Å². The molecule has 0 amide bonds. The van der Waals surface area contributed by atoms with E-state index in [0.717, 1.165) is 11.3 Å². The molecule has 0 saturated carbocycles. The quantitative estimate of drug-likeness (QED) is 0.380. The van der Waals surface area contributed by atoms with Crippen LogP contribution in [0, 0.1) is 19.7 Å². The van der Waals surface area contributed by atoms with E-state index in [2.05, 4.69) is 10.5 Å². The standard InChI is InChI=1S/C13H12ClFN2O2/c1-7-5-12(19-8(7)2)13(17-18)16-9-3-4-11(15)10(14)6-9/h3-6,18H,1-2H3,(H,16,17). The summed E-state index contributed by atoms with van der Waals surface area (Å²) in [6.07, 6.45) is 0. The highest BCUT2D eigenvalue weighted by molar-refractivity contribution is 6.31. The lowest BCUT2D eigenvalue weighted by Gasteiger charge is -2.06. The maximum absolute atomic E-state index is 13.0. The zero-order valence-corrected chi connectivity index (χ0v) is 11.1. The summed E-state index contributed by atoms with van der Waals surface area (Å²) in [5.41, 5.74) is 1.43. The van der Waals surface area contributed by atoms with Crippen LogP contribution in [0.5, 0.6) is 0 Å². The van der Waals surface area contributed by atoms with E-state index in [1.165, 1.54) is 18.2 Å². The molecule has 1 aromatic heterocycles. The Balaban J connectivity index is 2.27. The maximum atomic E-state index is 13.0. The Morgan fingerprint density at radius 1 is 1.37 bits per heavy atom. The third-order valence-corrected chi connectivity index (χ3v) is 2.97. The first-order valence-corrected chi connectivity index (χ1v) is 5.90. The van der Waals surface area contributed by atoms with Crippen LogP contribution < -0.4 is 5.32 Å². The summed E-state index contributed by atoms with van der Waals surface area (Å²) in [5.74, 6) is 0.728. The summed E-state index contributed by atoms with van der Waals surface area (Å²) in [5, 5.41) is 14.9. The third-order valence-electron chi connectivity index (χ3n) is 2.68. The molecule has 2 N–H and O–H groups in total. The molecule has 0 radical (unpaired) electrons. The average Bonchev–Trinajstić information content (AvgIpc) is 2.71. The average molecular weight is 283 g/mol. The molecule has 0 fully saturated rings. The molecule has 0 spiro atoms. The Labute approximate surface area is 114 Å². The van der Waals surface area contributed by atoms with Gasteiger partial charge in [-0.25, -0.2) is 4.39 Å². The van der Waals surface area contributed by atoms with Crippen molar-refractivity contribution in [1.82, 2.24) is 0 Å². The number of hydrogen-bond acceptors (Lipinski definition) is 3. The van der Waals surface area contributed by atoms with Gasteiger partial charge >= 0.3 is 0 Å². The van der Waals surface area contributed by atoms with Crippen LogP contribution in [0.4, 0.5) is 10.1 Å². The molecule has 0 aliphatic heterocycles. The zero-order chi connectivity index (χ0) is 14.0. The second-order valence-corrected chi connectivity index (χ2v) is 4.46. The number of anilines is 1. The van der Waals surface area contributed by atoms with E-state index in [1.54, 1.807) is 6.07 Å². The molecule has 100 valence electrons. The molecule has 0 bridgehead atoms. The molecule has 0 atom stereocenters. The Hall–Kier alpha value is -2.01. The van der Waals surface area contributed by atoms with Crippen molar-refractivity contribution in [3.05, 3.63) is 52.2 Å². The first kappa shape index (κ1) is 13.4. The topological polar surface area (TPSA) is 57.8 Å². The van der Waals surface area contributed by atoms with Crippen molar-refractivity contribution in [2.75, 3.05) is 5.32 Å². The van der Waals surface area contributed by atoms with E-state index in [4.69, 9.17) is 21.2 Å². The molecule has 1 heterocycles. The van der Waals surface area contributed by atoms with Crippen molar-refractivity contribution in [2.24, 2.45) is 5.16 Å². The second kappa shape index (κ2) is 5.32. The number of aryl methyl sites for hydroxylation is 2. The van der Waals surface area contributed by atoms with Gasteiger partial charge in [0.1, 0.15) is 11.6 Å². The first-order chi connectivity index (χ1) is 9.01.